The summed E-state index contributed by atoms with van der Waals surface area (Å²) in [6.07, 6.45) is 3.58. The predicted molar refractivity (Wildman–Crippen MR) is 113 cm³/mol. The Hall–Kier alpha value is -3.48. The van der Waals surface area contributed by atoms with Crippen molar-refractivity contribution >= 4 is 17.3 Å². The summed E-state index contributed by atoms with van der Waals surface area (Å²) in [6, 6.07) is 7.35. The van der Waals surface area contributed by atoms with Gasteiger partial charge in [-0.25, -0.2) is 4.79 Å². The van der Waals surface area contributed by atoms with Crippen LogP contribution in [-0.4, -0.2) is 44.3 Å². The Balaban J connectivity index is 1.74. The van der Waals surface area contributed by atoms with Crippen LogP contribution in [0.1, 0.15) is 22.8 Å². The van der Waals surface area contributed by atoms with E-state index >= 15 is 0 Å². The highest BCUT2D eigenvalue weighted by Gasteiger charge is 2.23. The van der Waals surface area contributed by atoms with Crippen molar-refractivity contribution in [1.82, 2.24) is 4.57 Å². The molecule has 3 heterocycles. The Kier molecular flexibility index (Phi) is 6.11. The van der Waals surface area contributed by atoms with E-state index in [4.69, 9.17) is 23.7 Å². The van der Waals surface area contributed by atoms with Gasteiger partial charge in [-0.05, 0) is 19.1 Å². The number of nitriles is 1. The van der Waals surface area contributed by atoms with E-state index in [0.29, 0.717) is 47.3 Å². The molecule has 160 valence electrons. The summed E-state index contributed by atoms with van der Waals surface area (Å²) < 4.78 is 28.9. The number of rotatable bonds is 7. The quantitative estimate of drug-likeness (QED) is 0.405. The van der Waals surface area contributed by atoms with Crippen molar-refractivity contribution in [3.63, 3.8) is 0 Å². The molecule has 0 amide bonds. The number of nitrogens with zero attached hydrogens (tertiary/aromatic N) is 2. The van der Waals surface area contributed by atoms with Crippen LogP contribution in [0.3, 0.4) is 0 Å². The van der Waals surface area contributed by atoms with E-state index in [-0.39, 0.29) is 13.4 Å². The molecule has 0 unspecified atom stereocenters. The molecule has 4 rings (SSSR count). The molecule has 2 aromatic heterocycles. The molecule has 1 aliphatic rings. The number of fused-ring (bicyclic) bond motifs is 1. The maximum absolute atomic E-state index is 12.3. The van der Waals surface area contributed by atoms with Gasteiger partial charge in [0.2, 0.25) is 0 Å². The predicted octanol–water partition coefficient (Wildman–Crippen LogP) is 4.01. The van der Waals surface area contributed by atoms with Crippen molar-refractivity contribution in [1.29, 1.82) is 5.26 Å². The zero-order valence-corrected chi connectivity index (χ0v) is 17.9. The first-order valence-corrected chi connectivity index (χ1v) is 10.5. The van der Waals surface area contributed by atoms with Gasteiger partial charge in [-0.1, -0.05) is 0 Å². The van der Waals surface area contributed by atoms with Crippen LogP contribution in [0, 0.1) is 11.3 Å². The van der Waals surface area contributed by atoms with Gasteiger partial charge in [0, 0.05) is 42.2 Å². The fourth-order valence-electron chi connectivity index (χ4n) is 3.21. The highest BCUT2D eigenvalue weighted by molar-refractivity contribution is 7.14. The van der Waals surface area contributed by atoms with Gasteiger partial charge < -0.3 is 28.3 Å². The summed E-state index contributed by atoms with van der Waals surface area (Å²) in [5.41, 5.74) is 2.25. The summed E-state index contributed by atoms with van der Waals surface area (Å²) in [5, 5.41) is 11.6. The topological polar surface area (TPSA) is 91.9 Å². The van der Waals surface area contributed by atoms with Crippen molar-refractivity contribution in [3.8, 4) is 39.4 Å². The van der Waals surface area contributed by atoms with Crippen LogP contribution in [0.25, 0.3) is 16.1 Å². The third-order valence-electron chi connectivity index (χ3n) is 4.58. The van der Waals surface area contributed by atoms with Gasteiger partial charge in [-0.3, -0.25) is 0 Å². The number of esters is 1. The third-order valence-corrected chi connectivity index (χ3v) is 5.56. The number of hydrogen-bond donors (Lipinski definition) is 0. The zero-order valence-electron chi connectivity index (χ0n) is 17.0. The molecule has 1 aliphatic heterocycles. The van der Waals surface area contributed by atoms with E-state index in [1.165, 1.54) is 18.4 Å². The smallest absolute Gasteiger partial charge is 0.341 e. The molecule has 9 heteroatoms. The average molecular weight is 440 g/mol. The number of carbonyl (C=O) groups is 1. The van der Waals surface area contributed by atoms with Crippen LogP contribution in [-0.2, 0) is 9.47 Å². The SMILES string of the molecule is CCOC(=O)c1ccc(-n2cc(C#N)c(-c3scc4c3OCCO4)c2)cc1OCOC. The molecular formula is C22H20N2O6S. The third kappa shape index (κ3) is 4.08. The van der Waals surface area contributed by atoms with E-state index < -0.39 is 5.97 Å². The maximum atomic E-state index is 12.3. The summed E-state index contributed by atoms with van der Waals surface area (Å²) in [7, 11) is 1.50. The lowest BCUT2D eigenvalue weighted by molar-refractivity contribution is 0.0438. The van der Waals surface area contributed by atoms with Crippen LogP contribution in [0.4, 0.5) is 0 Å². The number of methoxy groups -OCH3 is 1. The monoisotopic (exact) mass is 440 g/mol. The van der Waals surface area contributed by atoms with Crippen LogP contribution in [0.5, 0.6) is 17.2 Å². The second-order valence-corrected chi connectivity index (χ2v) is 7.39. The molecule has 0 saturated carbocycles. The molecule has 0 fully saturated rings. The molecule has 1 aromatic carbocycles. The van der Waals surface area contributed by atoms with Crippen LogP contribution in [0.2, 0.25) is 0 Å². The number of aromatic nitrogens is 1. The normalized spacial score (nSPS) is 12.3. The minimum Gasteiger partial charge on any atom is -0.485 e. The van der Waals surface area contributed by atoms with Gasteiger partial charge in [-0.15, -0.1) is 11.3 Å². The van der Waals surface area contributed by atoms with Gasteiger partial charge in [-0.2, -0.15) is 5.26 Å². The van der Waals surface area contributed by atoms with E-state index in [9.17, 15) is 10.1 Å². The number of benzene rings is 1. The number of hydrogen-bond acceptors (Lipinski definition) is 8. The molecule has 0 radical (unpaired) electrons. The lowest BCUT2D eigenvalue weighted by Gasteiger charge is -2.15. The lowest BCUT2D eigenvalue weighted by atomic mass is 10.1. The number of carbonyl (C=O) groups excluding carboxylic acids is 1. The molecule has 0 bridgehead atoms. The molecule has 0 atom stereocenters. The molecule has 0 saturated heterocycles. The number of ether oxygens (including phenoxy) is 5. The Bertz CT molecular complexity index is 1140. The van der Waals surface area contributed by atoms with E-state index in [1.807, 2.05) is 11.6 Å². The van der Waals surface area contributed by atoms with Crippen molar-refractivity contribution < 1.29 is 28.5 Å². The largest absolute Gasteiger partial charge is 0.485 e. The van der Waals surface area contributed by atoms with E-state index in [1.54, 1.807) is 35.9 Å². The van der Waals surface area contributed by atoms with Gasteiger partial charge in [0.05, 0.1) is 17.0 Å². The Morgan fingerprint density at radius 3 is 2.90 bits per heavy atom. The molecule has 31 heavy (non-hydrogen) atoms. The fourth-order valence-corrected chi connectivity index (χ4v) is 4.17. The Morgan fingerprint density at radius 1 is 1.29 bits per heavy atom. The second kappa shape index (κ2) is 9.12. The number of thiophene rings is 1. The molecule has 0 spiro atoms. The van der Waals surface area contributed by atoms with Crippen molar-refractivity contribution in [3.05, 3.63) is 47.1 Å². The maximum Gasteiger partial charge on any atom is 0.341 e. The zero-order chi connectivity index (χ0) is 21.8. The molecule has 8 nitrogen and oxygen atoms in total. The van der Waals surface area contributed by atoms with Crippen LogP contribution >= 0.6 is 11.3 Å². The molecule has 3 aromatic rings. The highest BCUT2D eigenvalue weighted by atomic mass is 32.1. The van der Waals surface area contributed by atoms with Gasteiger partial charge >= 0.3 is 5.97 Å². The van der Waals surface area contributed by atoms with Gasteiger partial charge in [0.15, 0.2) is 18.3 Å². The summed E-state index contributed by atoms with van der Waals surface area (Å²) in [5.74, 6) is 1.20. The minimum absolute atomic E-state index is 0.0189. The van der Waals surface area contributed by atoms with E-state index in [0.717, 1.165) is 10.4 Å². The average Bonchev–Trinajstić information content (AvgIpc) is 3.41. The van der Waals surface area contributed by atoms with Crippen molar-refractivity contribution in [2.24, 2.45) is 0 Å². The van der Waals surface area contributed by atoms with E-state index in [2.05, 4.69) is 6.07 Å². The summed E-state index contributed by atoms with van der Waals surface area (Å²) >= 11 is 1.47. The summed E-state index contributed by atoms with van der Waals surface area (Å²) in [4.78, 5) is 13.1. The van der Waals surface area contributed by atoms with Crippen molar-refractivity contribution in [2.45, 2.75) is 6.92 Å². The highest BCUT2D eigenvalue weighted by Crippen LogP contribution is 2.46. The first-order valence-electron chi connectivity index (χ1n) is 9.59. The Labute approximate surface area is 183 Å². The molecule has 0 N–H and O–H groups in total. The van der Waals surface area contributed by atoms with Gasteiger partial charge in [0.25, 0.3) is 0 Å². The fraction of sp³-hybridized carbons (Fsp3) is 0.273. The molecular weight excluding hydrogens is 420 g/mol. The first kappa shape index (κ1) is 20.8. The first-order chi connectivity index (χ1) is 15.2. The second-order valence-electron chi connectivity index (χ2n) is 6.51. The van der Waals surface area contributed by atoms with Gasteiger partial charge in [0.1, 0.15) is 30.6 Å². The lowest BCUT2D eigenvalue weighted by Crippen LogP contribution is -2.14. The summed E-state index contributed by atoms with van der Waals surface area (Å²) in [6.45, 7) is 2.95. The van der Waals surface area contributed by atoms with Crippen LogP contribution < -0.4 is 14.2 Å². The molecule has 0 aliphatic carbocycles. The Morgan fingerprint density at radius 2 is 2.13 bits per heavy atom. The van der Waals surface area contributed by atoms with Crippen LogP contribution in [0.15, 0.2) is 36.0 Å². The van der Waals surface area contributed by atoms with Crippen molar-refractivity contribution in [2.75, 3.05) is 33.7 Å². The standard InChI is InChI=1S/C22H20N2O6S/c1-3-27-22(25)16-5-4-15(8-18(16)30-13-26-2)24-10-14(9-23)17(11-24)21-20-19(12-31-21)28-6-7-29-20/h4-5,8,10-12H,3,6-7,13H2,1-2H3. The minimum atomic E-state index is -0.478.